The molecule has 0 radical (unpaired) electrons. The molecule has 2 N–H and O–H groups in total. The zero-order valence-electron chi connectivity index (χ0n) is 11.5. The van der Waals surface area contributed by atoms with Crippen molar-refractivity contribution in [2.75, 3.05) is 26.2 Å². The summed E-state index contributed by atoms with van der Waals surface area (Å²) in [5.74, 6) is -0.162. The molecule has 0 aliphatic carbocycles. The van der Waals surface area contributed by atoms with Crippen molar-refractivity contribution >= 4 is 29.2 Å². The largest absolute Gasteiger partial charge is 0.374 e. The number of carbonyl (C=O) groups is 1. The van der Waals surface area contributed by atoms with Crippen LogP contribution in [0.5, 0.6) is 0 Å². The van der Waals surface area contributed by atoms with Gasteiger partial charge < -0.3 is 15.4 Å². The van der Waals surface area contributed by atoms with Crippen molar-refractivity contribution in [3.05, 3.63) is 42.1 Å². The molecular formula is C15H18ClN3O2. The minimum Gasteiger partial charge on any atom is -0.374 e. The van der Waals surface area contributed by atoms with Crippen LogP contribution in [-0.4, -0.2) is 43.2 Å². The van der Waals surface area contributed by atoms with Crippen molar-refractivity contribution in [1.29, 1.82) is 0 Å². The Morgan fingerprint density at radius 3 is 3.00 bits per heavy atom. The van der Waals surface area contributed by atoms with Crippen LogP contribution < -0.4 is 10.6 Å². The van der Waals surface area contributed by atoms with Gasteiger partial charge in [-0.2, -0.15) is 0 Å². The lowest BCUT2D eigenvalue weighted by atomic mass is 10.2. The van der Waals surface area contributed by atoms with Crippen LogP contribution in [0.3, 0.4) is 0 Å². The number of hydrogen-bond acceptors (Lipinski definition) is 4. The van der Waals surface area contributed by atoms with Gasteiger partial charge in [0.2, 0.25) is 0 Å². The van der Waals surface area contributed by atoms with E-state index in [1.165, 1.54) is 0 Å². The number of rotatable bonds is 3. The molecule has 2 aromatic rings. The second-order valence-corrected chi connectivity index (χ2v) is 4.80. The van der Waals surface area contributed by atoms with E-state index in [1.54, 1.807) is 6.07 Å². The Balaban J connectivity index is 0.00000161. The molecule has 2 heterocycles. The first-order valence-electron chi connectivity index (χ1n) is 6.79. The first-order chi connectivity index (χ1) is 9.83. The minimum absolute atomic E-state index is 0. The van der Waals surface area contributed by atoms with Crippen LogP contribution in [0, 0.1) is 0 Å². The molecule has 1 amide bonds. The Hall–Kier alpha value is -1.69. The predicted molar refractivity (Wildman–Crippen MR) is 83.9 cm³/mol. The molecule has 1 fully saturated rings. The van der Waals surface area contributed by atoms with Gasteiger partial charge in [0.05, 0.1) is 18.2 Å². The number of amides is 1. The summed E-state index contributed by atoms with van der Waals surface area (Å²) in [7, 11) is 0. The van der Waals surface area contributed by atoms with E-state index in [0.717, 1.165) is 24.0 Å². The number of halogens is 1. The average molecular weight is 308 g/mol. The molecule has 0 bridgehead atoms. The number of para-hydroxylation sites is 1. The highest BCUT2D eigenvalue weighted by atomic mass is 35.5. The molecule has 1 aliphatic heterocycles. The lowest BCUT2D eigenvalue weighted by Gasteiger charge is -2.23. The predicted octanol–water partition coefficient (Wildman–Crippen LogP) is 1.37. The third kappa shape index (κ3) is 3.91. The molecule has 6 heteroatoms. The van der Waals surface area contributed by atoms with E-state index in [0.29, 0.717) is 18.8 Å². The SMILES string of the molecule is Cl.O=C(NCC1CNCCO1)c1ccc2ccccc2n1. The Morgan fingerprint density at radius 1 is 1.33 bits per heavy atom. The molecule has 1 aromatic carbocycles. The maximum Gasteiger partial charge on any atom is 0.269 e. The lowest BCUT2D eigenvalue weighted by Crippen LogP contribution is -2.45. The highest BCUT2D eigenvalue weighted by molar-refractivity contribution is 5.94. The molecule has 3 rings (SSSR count). The first kappa shape index (κ1) is 15.7. The first-order valence-corrected chi connectivity index (χ1v) is 6.79. The van der Waals surface area contributed by atoms with Crippen LogP contribution in [0.25, 0.3) is 10.9 Å². The number of morpholine rings is 1. The number of ether oxygens (including phenoxy) is 1. The van der Waals surface area contributed by atoms with Gasteiger partial charge in [-0.15, -0.1) is 12.4 Å². The number of nitrogens with one attached hydrogen (secondary N) is 2. The third-order valence-electron chi connectivity index (χ3n) is 3.33. The molecular weight excluding hydrogens is 290 g/mol. The highest BCUT2D eigenvalue weighted by Crippen LogP contribution is 2.11. The van der Waals surface area contributed by atoms with Crippen LogP contribution >= 0.6 is 12.4 Å². The Bertz CT molecular complexity index is 615. The zero-order valence-corrected chi connectivity index (χ0v) is 12.4. The quantitative estimate of drug-likeness (QED) is 0.899. The molecule has 1 aromatic heterocycles. The van der Waals surface area contributed by atoms with E-state index < -0.39 is 0 Å². The summed E-state index contributed by atoms with van der Waals surface area (Å²) in [6.07, 6.45) is 0.0353. The summed E-state index contributed by atoms with van der Waals surface area (Å²) in [4.78, 5) is 16.5. The number of carbonyl (C=O) groups excluding carboxylic acids is 1. The Kier molecular flexibility index (Phi) is 5.50. The smallest absolute Gasteiger partial charge is 0.269 e. The number of hydrogen-bond donors (Lipinski definition) is 2. The van der Waals surface area contributed by atoms with Crippen molar-refractivity contribution in [2.24, 2.45) is 0 Å². The van der Waals surface area contributed by atoms with E-state index in [4.69, 9.17) is 4.74 Å². The number of pyridine rings is 1. The van der Waals surface area contributed by atoms with Gasteiger partial charge in [-0.25, -0.2) is 4.98 Å². The zero-order chi connectivity index (χ0) is 13.8. The number of nitrogens with zero attached hydrogens (tertiary/aromatic N) is 1. The standard InChI is InChI=1S/C15H17N3O2.ClH/c19-15(17-10-12-9-16-7-8-20-12)14-6-5-11-3-1-2-4-13(11)18-14;/h1-6,12,16H,7-10H2,(H,17,19);1H. The molecule has 1 atom stereocenters. The van der Waals surface area contributed by atoms with Crippen LogP contribution in [0.15, 0.2) is 36.4 Å². The molecule has 1 aliphatic rings. The van der Waals surface area contributed by atoms with E-state index in [2.05, 4.69) is 15.6 Å². The van der Waals surface area contributed by atoms with Crippen molar-refractivity contribution in [3.8, 4) is 0 Å². The summed E-state index contributed by atoms with van der Waals surface area (Å²) in [5.41, 5.74) is 1.27. The van der Waals surface area contributed by atoms with E-state index in [9.17, 15) is 4.79 Å². The normalized spacial score (nSPS) is 18.0. The fourth-order valence-electron chi connectivity index (χ4n) is 2.24. The topological polar surface area (TPSA) is 63.2 Å². The van der Waals surface area contributed by atoms with E-state index >= 15 is 0 Å². The van der Waals surface area contributed by atoms with Gasteiger partial charge in [0, 0.05) is 25.0 Å². The van der Waals surface area contributed by atoms with Gasteiger partial charge in [0.25, 0.3) is 5.91 Å². The molecule has 112 valence electrons. The Labute approximate surface area is 129 Å². The molecule has 1 saturated heterocycles. The lowest BCUT2D eigenvalue weighted by molar-refractivity contribution is 0.0287. The summed E-state index contributed by atoms with van der Waals surface area (Å²) >= 11 is 0. The molecule has 1 unspecified atom stereocenters. The molecule has 0 saturated carbocycles. The van der Waals surface area contributed by atoms with Crippen molar-refractivity contribution < 1.29 is 9.53 Å². The maximum atomic E-state index is 12.1. The van der Waals surface area contributed by atoms with Crippen LogP contribution in [-0.2, 0) is 4.74 Å². The van der Waals surface area contributed by atoms with E-state index in [-0.39, 0.29) is 24.4 Å². The van der Waals surface area contributed by atoms with Crippen LogP contribution in [0.4, 0.5) is 0 Å². The second kappa shape index (κ2) is 7.36. The van der Waals surface area contributed by atoms with Crippen molar-refractivity contribution in [3.63, 3.8) is 0 Å². The van der Waals surface area contributed by atoms with Gasteiger partial charge in [-0.1, -0.05) is 24.3 Å². The number of benzene rings is 1. The molecule has 5 nitrogen and oxygen atoms in total. The molecule has 0 spiro atoms. The summed E-state index contributed by atoms with van der Waals surface area (Å²) in [6.45, 7) is 2.83. The van der Waals surface area contributed by atoms with Crippen molar-refractivity contribution in [2.45, 2.75) is 6.10 Å². The number of aromatic nitrogens is 1. The van der Waals surface area contributed by atoms with Crippen LogP contribution in [0.2, 0.25) is 0 Å². The van der Waals surface area contributed by atoms with Gasteiger partial charge in [0.15, 0.2) is 0 Å². The minimum atomic E-state index is -0.162. The van der Waals surface area contributed by atoms with Gasteiger partial charge in [-0.05, 0) is 12.1 Å². The summed E-state index contributed by atoms with van der Waals surface area (Å²) < 4.78 is 5.54. The average Bonchev–Trinajstić information content (AvgIpc) is 2.53. The summed E-state index contributed by atoms with van der Waals surface area (Å²) in [6, 6.07) is 11.4. The Morgan fingerprint density at radius 2 is 2.19 bits per heavy atom. The van der Waals surface area contributed by atoms with Gasteiger partial charge >= 0.3 is 0 Å². The molecule has 21 heavy (non-hydrogen) atoms. The highest BCUT2D eigenvalue weighted by Gasteiger charge is 2.15. The third-order valence-corrected chi connectivity index (χ3v) is 3.33. The fourth-order valence-corrected chi connectivity index (χ4v) is 2.24. The number of fused-ring (bicyclic) bond motifs is 1. The summed E-state index contributed by atoms with van der Waals surface area (Å²) in [5, 5.41) is 7.13. The fraction of sp³-hybridized carbons (Fsp3) is 0.333. The van der Waals surface area contributed by atoms with Crippen molar-refractivity contribution in [1.82, 2.24) is 15.6 Å². The van der Waals surface area contributed by atoms with Gasteiger partial charge in [-0.3, -0.25) is 4.79 Å². The monoisotopic (exact) mass is 307 g/mol. The van der Waals surface area contributed by atoms with Crippen LogP contribution in [0.1, 0.15) is 10.5 Å². The maximum absolute atomic E-state index is 12.1. The van der Waals surface area contributed by atoms with Gasteiger partial charge in [0.1, 0.15) is 5.69 Å². The van der Waals surface area contributed by atoms with E-state index in [1.807, 2.05) is 30.3 Å². The second-order valence-electron chi connectivity index (χ2n) is 4.80.